The first kappa shape index (κ1) is 26.5. The summed E-state index contributed by atoms with van der Waals surface area (Å²) in [4.78, 5) is 29.6. The van der Waals surface area contributed by atoms with Gasteiger partial charge in [0, 0.05) is 11.3 Å². The van der Waals surface area contributed by atoms with Crippen LogP contribution in [0.5, 0.6) is 0 Å². The first-order valence-corrected chi connectivity index (χ1v) is 12.0. The molecule has 10 heteroatoms. The lowest BCUT2D eigenvalue weighted by Gasteiger charge is -2.38. The van der Waals surface area contributed by atoms with E-state index in [1.54, 1.807) is 0 Å². The van der Waals surface area contributed by atoms with Crippen molar-refractivity contribution < 1.29 is 39.2 Å². The monoisotopic (exact) mass is 510 g/mol. The molecule has 0 radical (unpaired) electrons. The average molecular weight is 511 g/mol. The number of hydrogen-bond donors (Lipinski definition) is 5. The molecule has 37 heavy (non-hydrogen) atoms. The number of anilines is 1. The molecule has 2 amide bonds. The maximum absolute atomic E-state index is 12.3. The van der Waals surface area contributed by atoms with E-state index < -0.39 is 42.7 Å². The Morgan fingerprint density at radius 1 is 0.892 bits per heavy atom. The second-order valence-electron chi connectivity index (χ2n) is 8.88. The summed E-state index contributed by atoms with van der Waals surface area (Å²) < 4.78 is 10.6. The molecule has 0 aromatic heterocycles. The molecule has 5 atom stereocenters. The Hall–Kier alpha value is -3.54. The van der Waals surface area contributed by atoms with E-state index in [2.05, 4.69) is 35.9 Å². The normalized spacial score (nSPS) is 23.4. The first-order chi connectivity index (χ1) is 17.7. The van der Waals surface area contributed by atoms with Crippen LogP contribution in [-0.4, -0.2) is 58.0 Å². The van der Waals surface area contributed by atoms with Gasteiger partial charge >= 0.3 is 6.09 Å². The SMILES string of the molecule is CCc1ccc2cc(COC(=O)Nc3ccc(C(=O)NO[C@@H]4O[C@@H](C)[C@@H](O)[C@@H](O)[C@@H]4O)cc3)ccc2c1. The molecule has 196 valence electrons. The van der Waals surface area contributed by atoms with Crippen LogP contribution in [-0.2, 0) is 27.3 Å². The summed E-state index contributed by atoms with van der Waals surface area (Å²) in [6, 6.07) is 18.2. The van der Waals surface area contributed by atoms with Crippen LogP contribution in [0.4, 0.5) is 10.5 Å². The maximum atomic E-state index is 12.3. The van der Waals surface area contributed by atoms with Crippen molar-refractivity contribution in [2.45, 2.75) is 57.6 Å². The van der Waals surface area contributed by atoms with Crippen LogP contribution in [0.15, 0.2) is 60.7 Å². The quantitative estimate of drug-likeness (QED) is 0.305. The summed E-state index contributed by atoms with van der Waals surface area (Å²) in [6.45, 7) is 3.71. The summed E-state index contributed by atoms with van der Waals surface area (Å²) in [5.41, 5.74) is 4.90. The Morgan fingerprint density at radius 2 is 1.54 bits per heavy atom. The third-order valence-corrected chi connectivity index (χ3v) is 6.22. The molecular weight excluding hydrogens is 480 g/mol. The lowest BCUT2D eigenvalue weighted by Crippen LogP contribution is -2.58. The molecule has 0 aliphatic carbocycles. The van der Waals surface area contributed by atoms with Crippen molar-refractivity contribution in [3.8, 4) is 0 Å². The van der Waals surface area contributed by atoms with Gasteiger partial charge in [0.2, 0.25) is 6.29 Å². The smallest absolute Gasteiger partial charge is 0.411 e. The van der Waals surface area contributed by atoms with E-state index in [-0.39, 0.29) is 12.2 Å². The van der Waals surface area contributed by atoms with Crippen molar-refractivity contribution in [3.05, 3.63) is 77.4 Å². The molecule has 1 saturated heterocycles. The summed E-state index contributed by atoms with van der Waals surface area (Å²) >= 11 is 0. The number of hydroxylamine groups is 1. The maximum Gasteiger partial charge on any atom is 0.411 e. The molecule has 0 unspecified atom stereocenters. The van der Waals surface area contributed by atoms with Crippen LogP contribution < -0.4 is 10.8 Å². The van der Waals surface area contributed by atoms with E-state index in [0.29, 0.717) is 5.69 Å². The van der Waals surface area contributed by atoms with Crippen LogP contribution in [0, 0.1) is 0 Å². The molecule has 1 heterocycles. The van der Waals surface area contributed by atoms with Crippen LogP contribution in [0.25, 0.3) is 10.8 Å². The van der Waals surface area contributed by atoms with Crippen LogP contribution in [0.2, 0.25) is 0 Å². The number of hydrogen-bond acceptors (Lipinski definition) is 8. The third-order valence-electron chi connectivity index (χ3n) is 6.22. The van der Waals surface area contributed by atoms with Gasteiger partial charge in [-0.2, -0.15) is 0 Å². The van der Waals surface area contributed by atoms with Crippen molar-refractivity contribution in [2.75, 3.05) is 5.32 Å². The molecule has 1 aliphatic heterocycles. The first-order valence-electron chi connectivity index (χ1n) is 12.0. The molecule has 0 spiro atoms. The van der Waals surface area contributed by atoms with E-state index >= 15 is 0 Å². The second-order valence-corrected chi connectivity index (χ2v) is 8.88. The topological polar surface area (TPSA) is 147 Å². The largest absolute Gasteiger partial charge is 0.444 e. The number of nitrogens with one attached hydrogen (secondary N) is 2. The number of ether oxygens (including phenoxy) is 2. The highest BCUT2D eigenvalue weighted by Gasteiger charge is 2.43. The second kappa shape index (κ2) is 11.7. The predicted molar refractivity (Wildman–Crippen MR) is 134 cm³/mol. The predicted octanol–water partition coefficient (Wildman–Crippen LogP) is 2.64. The zero-order valence-corrected chi connectivity index (χ0v) is 20.5. The van der Waals surface area contributed by atoms with Gasteiger partial charge in [0.1, 0.15) is 24.9 Å². The molecule has 4 rings (SSSR count). The summed E-state index contributed by atoms with van der Waals surface area (Å²) in [5.74, 6) is -0.638. The standard InChI is InChI=1S/C27H30N2O8/c1-3-16-4-6-20-13-17(5-7-19(20)12-16)14-35-27(34)28-21-10-8-18(9-11-21)25(33)29-37-26-24(32)23(31)22(30)15(2)36-26/h4-13,15,22-24,26,30-32H,3,14H2,1-2H3,(H,28,34)(H,29,33)/t15-,22+,23+,24-,26-/m0/s1. The Kier molecular flexibility index (Phi) is 8.37. The molecule has 0 saturated carbocycles. The summed E-state index contributed by atoms with van der Waals surface area (Å²) in [5, 5.41) is 34.3. The van der Waals surface area contributed by atoms with E-state index in [9.17, 15) is 24.9 Å². The third kappa shape index (κ3) is 6.43. The van der Waals surface area contributed by atoms with Gasteiger partial charge in [0.15, 0.2) is 0 Å². The zero-order valence-electron chi connectivity index (χ0n) is 20.5. The molecule has 0 bridgehead atoms. The van der Waals surface area contributed by atoms with Gasteiger partial charge in [-0.25, -0.2) is 15.1 Å². The fraction of sp³-hybridized carbons (Fsp3) is 0.333. The lowest BCUT2D eigenvalue weighted by atomic mass is 10.0. The Balaban J connectivity index is 1.25. The van der Waals surface area contributed by atoms with Crippen molar-refractivity contribution >= 4 is 28.5 Å². The van der Waals surface area contributed by atoms with Crippen molar-refractivity contribution in [2.24, 2.45) is 0 Å². The van der Waals surface area contributed by atoms with Crippen molar-refractivity contribution in [1.29, 1.82) is 0 Å². The molecule has 10 nitrogen and oxygen atoms in total. The Morgan fingerprint density at radius 3 is 2.22 bits per heavy atom. The van der Waals surface area contributed by atoms with Crippen molar-refractivity contribution in [3.63, 3.8) is 0 Å². The number of aliphatic hydroxyl groups excluding tert-OH is 3. The van der Waals surface area contributed by atoms with E-state index in [1.807, 2.05) is 18.2 Å². The Labute approximate surface area is 213 Å². The number of fused-ring (bicyclic) bond motifs is 1. The highest BCUT2D eigenvalue weighted by molar-refractivity contribution is 5.94. The van der Waals surface area contributed by atoms with Gasteiger partial charge in [-0.05, 0) is 65.6 Å². The number of carbonyl (C=O) groups is 2. The van der Waals surface area contributed by atoms with Crippen molar-refractivity contribution in [1.82, 2.24) is 5.48 Å². The molecular formula is C27H30N2O8. The minimum atomic E-state index is -1.55. The van der Waals surface area contributed by atoms with Gasteiger partial charge < -0.3 is 24.8 Å². The van der Waals surface area contributed by atoms with Crippen LogP contribution in [0.1, 0.15) is 35.3 Å². The van der Waals surface area contributed by atoms with Gasteiger partial charge in [-0.3, -0.25) is 10.1 Å². The van der Waals surface area contributed by atoms with Crippen LogP contribution >= 0.6 is 0 Å². The lowest BCUT2D eigenvalue weighted by molar-refractivity contribution is -0.304. The number of aryl methyl sites for hydroxylation is 1. The molecule has 3 aromatic carbocycles. The highest BCUT2D eigenvalue weighted by Crippen LogP contribution is 2.22. The minimum Gasteiger partial charge on any atom is -0.444 e. The zero-order chi connectivity index (χ0) is 26.5. The number of rotatable bonds is 7. The number of carbonyl (C=O) groups excluding carboxylic acids is 2. The minimum absolute atomic E-state index is 0.106. The molecule has 5 N–H and O–H groups in total. The van der Waals surface area contributed by atoms with Gasteiger partial charge in [-0.15, -0.1) is 0 Å². The van der Waals surface area contributed by atoms with Gasteiger partial charge in [-0.1, -0.05) is 37.3 Å². The molecule has 1 fully saturated rings. The fourth-order valence-electron chi connectivity index (χ4n) is 3.94. The number of amides is 2. The molecule has 3 aromatic rings. The number of benzene rings is 3. The average Bonchev–Trinajstić information content (AvgIpc) is 2.91. The van der Waals surface area contributed by atoms with E-state index in [1.165, 1.54) is 36.8 Å². The summed E-state index contributed by atoms with van der Waals surface area (Å²) in [6.07, 6.45) is -6.14. The molecule has 1 aliphatic rings. The van der Waals surface area contributed by atoms with Gasteiger partial charge in [0.25, 0.3) is 5.91 Å². The van der Waals surface area contributed by atoms with Gasteiger partial charge in [0.05, 0.1) is 6.10 Å². The van der Waals surface area contributed by atoms with E-state index in [0.717, 1.165) is 22.8 Å². The Bertz CT molecular complexity index is 1250. The van der Waals surface area contributed by atoms with E-state index in [4.69, 9.17) is 14.3 Å². The highest BCUT2D eigenvalue weighted by atomic mass is 16.8. The van der Waals surface area contributed by atoms with Crippen LogP contribution in [0.3, 0.4) is 0 Å². The fourth-order valence-corrected chi connectivity index (χ4v) is 3.94. The summed E-state index contributed by atoms with van der Waals surface area (Å²) in [7, 11) is 0. The number of aliphatic hydroxyl groups is 3.